The van der Waals surface area contributed by atoms with Gasteiger partial charge in [-0.05, 0) is 19.9 Å². The molecule has 102 valence electrons. The topological polar surface area (TPSA) is 47.8 Å². The number of alkyl halides is 3. The molecule has 4 nitrogen and oxygen atoms in total. The zero-order chi connectivity index (χ0) is 14.4. The van der Waals surface area contributed by atoms with E-state index < -0.39 is 11.6 Å². The Morgan fingerprint density at radius 3 is 2.47 bits per heavy atom. The van der Waals surface area contributed by atoms with Crippen LogP contribution in [-0.4, -0.2) is 27.0 Å². The zero-order valence-corrected chi connectivity index (χ0v) is 10.6. The van der Waals surface area contributed by atoms with E-state index >= 15 is 0 Å². The molecule has 0 aromatic carbocycles. The van der Waals surface area contributed by atoms with Crippen LogP contribution in [0, 0.1) is 0 Å². The van der Waals surface area contributed by atoms with Crippen LogP contribution in [0.25, 0.3) is 11.2 Å². The van der Waals surface area contributed by atoms with Gasteiger partial charge in [-0.15, -0.1) is 0 Å². The quantitative estimate of drug-likeness (QED) is 0.789. The van der Waals surface area contributed by atoms with E-state index in [2.05, 4.69) is 9.97 Å². The third-order valence-electron chi connectivity index (χ3n) is 3.22. The summed E-state index contributed by atoms with van der Waals surface area (Å²) in [5.74, 6) is 0. The van der Waals surface area contributed by atoms with Crippen LogP contribution in [0.4, 0.5) is 13.2 Å². The van der Waals surface area contributed by atoms with Crippen LogP contribution < -0.4 is 0 Å². The minimum atomic E-state index is -4.39. The molecule has 0 unspecified atom stereocenters. The van der Waals surface area contributed by atoms with Gasteiger partial charge in [-0.3, -0.25) is 9.78 Å². The first-order valence-electron chi connectivity index (χ1n) is 5.53. The van der Waals surface area contributed by atoms with Gasteiger partial charge >= 0.3 is 6.18 Å². The number of rotatable bonds is 2. The molecule has 0 amide bonds. The fourth-order valence-electron chi connectivity index (χ4n) is 1.89. The Balaban J connectivity index is 2.70. The molecule has 0 aliphatic heterocycles. The Labute approximate surface area is 107 Å². The number of nitrogens with zero attached hydrogens (tertiary/aromatic N) is 3. The molecule has 0 fully saturated rings. The monoisotopic (exact) mass is 271 g/mol. The molecular weight excluding hydrogens is 259 g/mol. The van der Waals surface area contributed by atoms with Crippen molar-refractivity contribution in [2.75, 3.05) is 0 Å². The third-order valence-corrected chi connectivity index (χ3v) is 3.22. The number of hydrogen-bond donors (Lipinski definition) is 0. The van der Waals surface area contributed by atoms with Gasteiger partial charge in [-0.25, -0.2) is 4.98 Å². The second kappa shape index (κ2) is 4.04. The highest BCUT2D eigenvalue weighted by molar-refractivity contribution is 5.79. The number of aromatic nitrogens is 3. The second-order valence-corrected chi connectivity index (χ2v) is 4.83. The predicted octanol–water partition coefficient (Wildman–Crippen LogP) is 2.62. The normalized spacial score (nSPS) is 12.9. The van der Waals surface area contributed by atoms with E-state index in [-0.39, 0.29) is 17.0 Å². The molecule has 0 atom stereocenters. The van der Waals surface area contributed by atoms with Crippen molar-refractivity contribution in [3.63, 3.8) is 0 Å². The van der Waals surface area contributed by atoms with Crippen LogP contribution in [-0.2, 0) is 12.5 Å². The number of aryl methyl sites for hydroxylation is 1. The van der Waals surface area contributed by atoms with Crippen LogP contribution in [0.2, 0.25) is 0 Å². The van der Waals surface area contributed by atoms with E-state index in [0.717, 1.165) is 13.8 Å². The maximum atomic E-state index is 13.1. The van der Waals surface area contributed by atoms with Crippen LogP contribution >= 0.6 is 0 Å². The molecule has 0 N–H and O–H groups in total. The first-order chi connectivity index (χ1) is 8.68. The standard InChI is InChI=1S/C12H12F3N3O/c1-11(2,12(13,14)15)9-4-8-10(18(9)3)17-7(6-19)5-16-8/h4-6H,1-3H3. The Hall–Kier alpha value is -1.92. The van der Waals surface area contributed by atoms with Gasteiger partial charge in [0.25, 0.3) is 0 Å². The van der Waals surface area contributed by atoms with Crippen LogP contribution in [0.15, 0.2) is 12.3 Å². The van der Waals surface area contributed by atoms with Crippen LogP contribution in [0.5, 0.6) is 0 Å². The summed E-state index contributed by atoms with van der Waals surface area (Å²) in [5.41, 5.74) is -1.29. The Morgan fingerprint density at radius 2 is 1.95 bits per heavy atom. The summed E-state index contributed by atoms with van der Waals surface area (Å²) >= 11 is 0. The van der Waals surface area contributed by atoms with E-state index in [4.69, 9.17) is 0 Å². The van der Waals surface area contributed by atoms with Crippen molar-refractivity contribution in [2.45, 2.75) is 25.4 Å². The lowest BCUT2D eigenvalue weighted by Gasteiger charge is -2.28. The second-order valence-electron chi connectivity index (χ2n) is 4.83. The van der Waals surface area contributed by atoms with Gasteiger partial charge in [0.1, 0.15) is 16.6 Å². The predicted molar refractivity (Wildman–Crippen MR) is 63.0 cm³/mol. The lowest BCUT2D eigenvalue weighted by molar-refractivity contribution is -0.181. The maximum absolute atomic E-state index is 13.1. The summed E-state index contributed by atoms with van der Waals surface area (Å²) in [6.45, 7) is 2.20. The Morgan fingerprint density at radius 1 is 1.32 bits per heavy atom. The summed E-state index contributed by atoms with van der Waals surface area (Å²) in [6.07, 6.45) is -2.64. The first-order valence-corrected chi connectivity index (χ1v) is 5.53. The van der Waals surface area contributed by atoms with Gasteiger partial charge in [-0.1, -0.05) is 0 Å². The number of halogens is 3. The minimum absolute atomic E-state index is 0.0537. The summed E-state index contributed by atoms with van der Waals surface area (Å²) in [4.78, 5) is 18.6. The lowest BCUT2D eigenvalue weighted by atomic mass is 9.88. The number of aldehydes is 1. The molecule has 0 bridgehead atoms. The van der Waals surface area contributed by atoms with Crippen molar-refractivity contribution in [3.05, 3.63) is 23.7 Å². The van der Waals surface area contributed by atoms with Gasteiger partial charge in [0.15, 0.2) is 11.9 Å². The molecule has 0 aliphatic carbocycles. The summed E-state index contributed by atoms with van der Waals surface area (Å²) in [6, 6.07) is 1.35. The van der Waals surface area contributed by atoms with E-state index in [0.29, 0.717) is 11.8 Å². The Kier molecular flexibility index (Phi) is 2.87. The SMILES string of the molecule is Cn1c(C(C)(C)C(F)(F)F)cc2ncc(C=O)nc21. The molecule has 0 aliphatic rings. The molecule has 0 spiro atoms. The van der Waals surface area contributed by atoms with Gasteiger partial charge in [-0.2, -0.15) is 13.2 Å². The number of fused-ring (bicyclic) bond motifs is 1. The zero-order valence-electron chi connectivity index (χ0n) is 10.6. The highest BCUT2D eigenvalue weighted by Gasteiger charge is 2.50. The van der Waals surface area contributed by atoms with Crippen molar-refractivity contribution in [1.82, 2.24) is 14.5 Å². The fraction of sp³-hybridized carbons (Fsp3) is 0.417. The van der Waals surface area contributed by atoms with E-state index in [1.54, 1.807) is 0 Å². The van der Waals surface area contributed by atoms with Crippen molar-refractivity contribution < 1.29 is 18.0 Å². The van der Waals surface area contributed by atoms with Crippen molar-refractivity contribution in [3.8, 4) is 0 Å². The molecule has 2 heterocycles. The van der Waals surface area contributed by atoms with Crippen molar-refractivity contribution in [2.24, 2.45) is 7.05 Å². The molecule has 7 heteroatoms. The average Bonchev–Trinajstić information content (AvgIpc) is 2.65. The third kappa shape index (κ3) is 1.98. The Bertz CT molecular complexity index is 643. The lowest BCUT2D eigenvalue weighted by Crippen LogP contribution is -2.37. The molecular formula is C12H12F3N3O. The van der Waals surface area contributed by atoms with Crippen LogP contribution in [0.1, 0.15) is 30.0 Å². The van der Waals surface area contributed by atoms with Gasteiger partial charge in [0.2, 0.25) is 0 Å². The van der Waals surface area contributed by atoms with E-state index in [1.807, 2.05) is 0 Å². The molecule has 2 aromatic rings. The van der Waals surface area contributed by atoms with Gasteiger partial charge in [0, 0.05) is 12.7 Å². The number of carbonyl (C=O) groups is 1. The highest BCUT2D eigenvalue weighted by atomic mass is 19.4. The van der Waals surface area contributed by atoms with E-state index in [1.165, 1.54) is 23.9 Å². The molecule has 2 aromatic heterocycles. The first kappa shape index (κ1) is 13.5. The highest BCUT2D eigenvalue weighted by Crippen LogP contribution is 2.41. The molecule has 2 rings (SSSR count). The summed E-state index contributed by atoms with van der Waals surface area (Å²) < 4.78 is 40.5. The van der Waals surface area contributed by atoms with E-state index in [9.17, 15) is 18.0 Å². The van der Waals surface area contributed by atoms with Crippen LogP contribution in [0.3, 0.4) is 0 Å². The van der Waals surface area contributed by atoms with Gasteiger partial charge in [0.05, 0.1) is 6.20 Å². The molecule has 0 saturated heterocycles. The molecule has 0 radical (unpaired) electrons. The summed E-state index contributed by atoms with van der Waals surface area (Å²) in [5, 5.41) is 0. The van der Waals surface area contributed by atoms with Gasteiger partial charge < -0.3 is 4.57 Å². The largest absolute Gasteiger partial charge is 0.399 e. The minimum Gasteiger partial charge on any atom is -0.330 e. The fourth-order valence-corrected chi connectivity index (χ4v) is 1.89. The average molecular weight is 271 g/mol. The number of carbonyl (C=O) groups excluding carboxylic acids is 1. The van der Waals surface area contributed by atoms with Crippen molar-refractivity contribution >= 4 is 17.5 Å². The number of hydrogen-bond acceptors (Lipinski definition) is 3. The molecule has 19 heavy (non-hydrogen) atoms. The maximum Gasteiger partial charge on any atom is 0.399 e. The summed E-state index contributed by atoms with van der Waals surface area (Å²) in [7, 11) is 1.48. The van der Waals surface area contributed by atoms with Crippen molar-refractivity contribution in [1.29, 1.82) is 0 Å². The molecule has 0 saturated carbocycles. The smallest absolute Gasteiger partial charge is 0.330 e.